The molecule has 0 atom stereocenters. The van der Waals surface area contributed by atoms with Crippen LogP contribution in [0.25, 0.3) is 22.2 Å². The van der Waals surface area contributed by atoms with Crippen molar-refractivity contribution in [3.63, 3.8) is 0 Å². The summed E-state index contributed by atoms with van der Waals surface area (Å²) < 4.78 is 2.00. The van der Waals surface area contributed by atoms with Crippen molar-refractivity contribution >= 4 is 22.6 Å². The lowest BCUT2D eigenvalue weighted by Crippen LogP contribution is -2.38. The molecule has 118 valence electrons. The molecule has 4 rings (SSSR count). The number of likely N-dealkylation sites (tertiary alicyclic amines) is 1. The normalized spacial score (nSPS) is 15.0. The predicted molar refractivity (Wildman–Crippen MR) is 91.4 cm³/mol. The maximum atomic E-state index is 5.96. The van der Waals surface area contributed by atoms with Crippen LogP contribution in [-0.4, -0.2) is 44.3 Å². The van der Waals surface area contributed by atoms with Crippen LogP contribution in [0.5, 0.6) is 0 Å². The zero-order valence-corrected chi connectivity index (χ0v) is 13.6. The Morgan fingerprint density at radius 2 is 1.96 bits per heavy atom. The molecule has 23 heavy (non-hydrogen) atoms. The van der Waals surface area contributed by atoms with Gasteiger partial charge in [0.15, 0.2) is 0 Å². The van der Waals surface area contributed by atoms with E-state index in [2.05, 4.69) is 26.2 Å². The van der Waals surface area contributed by atoms with Crippen LogP contribution in [0.4, 0.5) is 0 Å². The third kappa shape index (κ3) is 3.21. The van der Waals surface area contributed by atoms with E-state index in [0.29, 0.717) is 5.15 Å². The van der Waals surface area contributed by atoms with Gasteiger partial charge in [-0.2, -0.15) is 5.10 Å². The van der Waals surface area contributed by atoms with Crippen LogP contribution in [0.3, 0.4) is 0 Å². The van der Waals surface area contributed by atoms with E-state index in [1.54, 1.807) is 6.07 Å². The maximum absolute atomic E-state index is 5.96. The molecule has 4 heterocycles. The summed E-state index contributed by atoms with van der Waals surface area (Å²) in [5, 5.41) is 4.94. The number of hydrogen-bond donors (Lipinski definition) is 0. The van der Waals surface area contributed by atoms with Crippen LogP contribution in [0, 0.1) is 0 Å². The summed E-state index contributed by atoms with van der Waals surface area (Å²) in [5.41, 5.74) is 3.73. The number of aromatic nitrogens is 4. The quantitative estimate of drug-likeness (QED) is 0.675. The molecule has 0 radical (unpaired) electrons. The molecule has 0 amide bonds. The fourth-order valence-electron chi connectivity index (χ4n) is 2.84. The number of nitrogens with zero attached hydrogens (tertiary/aromatic N) is 5. The average molecular weight is 328 g/mol. The first-order valence-electron chi connectivity index (χ1n) is 7.95. The highest BCUT2D eigenvalue weighted by Crippen LogP contribution is 2.22. The van der Waals surface area contributed by atoms with Crippen LogP contribution in [-0.2, 0) is 6.54 Å². The smallest absolute Gasteiger partial charge is 0.129 e. The highest BCUT2D eigenvalue weighted by Gasteiger charge is 2.12. The lowest BCUT2D eigenvalue weighted by molar-refractivity contribution is 0.176. The Morgan fingerprint density at radius 3 is 2.78 bits per heavy atom. The van der Waals surface area contributed by atoms with Gasteiger partial charge in [-0.1, -0.05) is 11.6 Å². The molecule has 0 N–H and O–H groups in total. The zero-order valence-electron chi connectivity index (χ0n) is 12.8. The van der Waals surface area contributed by atoms with Gasteiger partial charge in [0.25, 0.3) is 0 Å². The van der Waals surface area contributed by atoms with Crippen molar-refractivity contribution in [3.05, 3.63) is 41.9 Å². The molecule has 0 spiro atoms. The summed E-state index contributed by atoms with van der Waals surface area (Å²) in [4.78, 5) is 11.2. The molecule has 6 heteroatoms. The minimum atomic E-state index is 0.484. The first kappa shape index (κ1) is 14.6. The van der Waals surface area contributed by atoms with Crippen LogP contribution in [0.1, 0.15) is 12.8 Å². The maximum Gasteiger partial charge on any atom is 0.129 e. The Balaban J connectivity index is 1.49. The van der Waals surface area contributed by atoms with E-state index in [1.165, 1.54) is 19.5 Å². The molecule has 0 unspecified atom stereocenters. The van der Waals surface area contributed by atoms with Gasteiger partial charge in [-0.3, -0.25) is 9.67 Å². The van der Waals surface area contributed by atoms with E-state index < -0.39 is 0 Å². The summed E-state index contributed by atoms with van der Waals surface area (Å²) >= 11 is 5.96. The van der Waals surface area contributed by atoms with Gasteiger partial charge in [-0.25, -0.2) is 4.98 Å². The van der Waals surface area contributed by atoms with Crippen molar-refractivity contribution in [3.8, 4) is 11.1 Å². The van der Waals surface area contributed by atoms with Crippen LogP contribution >= 0.6 is 11.6 Å². The minimum absolute atomic E-state index is 0.484. The van der Waals surface area contributed by atoms with Gasteiger partial charge < -0.3 is 4.90 Å². The topological polar surface area (TPSA) is 46.8 Å². The molecule has 0 saturated carbocycles. The van der Waals surface area contributed by atoms with E-state index in [1.807, 2.05) is 29.2 Å². The molecule has 1 saturated heterocycles. The van der Waals surface area contributed by atoms with Crippen LogP contribution < -0.4 is 0 Å². The van der Waals surface area contributed by atoms with Crippen molar-refractivity contribution in [2.45, 2.75) is 19.4 Å². The first-order valence-corrected chi connectivity index (χ1v) is 8.33. The van der Waals surface area contributed by atoms with Gasteiger partial charge in [0, 0.05) is 30.1 Å². The van der Waals surface area contributed by atoms with E-state index in [0.717, 1.165) is 41.7 Å². The molecular formula is C17H18ClN5. The van der Waals surface area contributed by atoms with Gasteiger partial charge in [0.05, 0.1) is 17.2 Å². The summed E-state index contributed by atoms with van der Waals surface area (Å²) in [5.74, 6) is 0. The first-order chi connectivity index (χ1) is 11.3. The summed E-state index contributed by atoms with van der Waals surface area (Å²) in [7, 11) is 0. The Kier molecular flexibility index (Phi) is 3.97. The highest BCUT2D eigenvalue weighted by atomic mass is 35.5. The standard InChI is InChI=1S/C17H18ClN5/c18-17-4-3-15-16(21-17)9-13(10-19-15)14-11-20-23(12-14)8-2-7-22-5-1-6-22/h3-4,9-12H,1-2,5-8H2. The van der Waals surface area contributed by atoms with Crippen molar-refractivity contribution in [1.82, 2.24) is 24.6 Å². The van der Waals surface area contributed by atoms with Gasteiger partial charge in [0.2, 0.25) is 0 Å². The van der Waals surface area contributed by atoms with Gasteiger partial charge in [0.1, 0.15) is 5.15 Å². The lowest BCUT2D eigenvalue weighted by Gasteiger charge is -2.30. The SMILES string of the molecule is Clc1ccc2ncc(-c3cnn(CCCN4CCC4)c3)cc2n1. The predicted octanol–water partition coefficient (Wildman–Crippen LogP) is 3.24. The molecule has 1 aliphatic heterocycles. The Labute approximate surface area is 139 Å². The molecule has 1 aliphatic rings. The van der Waals surface area contributed by atoms with E-state index in [-0.39, 0.29) is 0 Å². The number of hydrogen-bond acceptors (Lipinski definition) is 4. The van der Waals surface area contributed by atoms with Crippen molar-refractivity contribution < 1.29 is 0 Å². The number of fused-ring (bicyclic) bond motifs is 1. The molecule has 0 aliphatic carbocycles. The van der Waals surface area contributed by atoms with Crippen LogP contribution in [0.15, 0.2) is 36.8 Å². The number of halogens is 1. The minimum Gasteiger partial charge on any atom is -0.303 e. The molecule has 3 aromatic rings. The van der Waals surface area contributed by atoms with E-state index >= 15 is 0 Å². The zero-order chi connectivity index (χ0) is 15.6. The Hall–Kier alpha value is -1.98. The van der Waals surface area contributed by atoms with Crippen molar-refractivity contribution in [2.75, 3.05) is 19.6 Å². The molecular weight excluding hydrogens is 310 g/mol. The molecule has 5 nitrogen and oxygen atoms in total. The largest absolute Gasteiger partial charge is 0.303 e. The molecule has 0 bridgehead atoms. The lowest BCUT2D eigenvalue weighted by atomic mass is 10.1. The fraction of sp³-hybridized carbons (Fsp3) is 0.353. The molecule has 1 fully saturated rings. The second-order valence-electron chi connectivity index (χ2n) is 5.94. The fourth-order valence-corrected chi connectivity index (χ4v) is 2.99. The van der Waals surface area contributed by atoms with Gasteiger partial charge in [-0.15, -0.1) is 0 Å². The second-order valence-corrected chi connectivity index (χ2v) is 6.32. The number of aryl methyl sites for hydroxylation is 1. The molecule has 3 aromatic heterocycles. The number of pyridine rings is 2. The Bertz CT molecular complexity index is 825. The number of rotatable bonds is 5. The average Bonchev–Trinajstić information content (AvgIpc) is 2.98. The monoisotopic (exact) mass is 327 g/mol. The van der Waals surface area contributed by atoms with Gasteiger partial charge >= 0.3 is 0 Å². The third-order valence-electron chi connectivity index (χ3n) is 4.28. The highest BCUT2D eigenvalue weighted by molar-refractivity contribution is 6.29. The van der Waals surface area contributed by atoms with Crippen LogP contribution in [0.2, 0.25) is 5.15 Å². The Morgan fingerprint density at radius 1 is 1.04 bits per heavy atom. The van der Waals surface area contributed by atoms with Crippen molar-refractivity contribution in [2.24, 2.45) is 0 Å². The van der Waals surface area contributed by atoms with Gasteiger partial charge in [-0.05, 0) is 50.7 Å². The second kappa shape index (κ2) is 6.26. The van der Waals surface area contributed by atoms with Crippen molar-refractivity contribution in [1.29, 1.82) is 0 Å². The summed E-state index contributed by atoms with van der Waals surface area (Å²) in [6.45, 7) is 4.61. The third-order valence-corrected chi connectivity index (χ3v) is 4.49. The summed E-state index contributed by atoms with van der Waals surface area (Å²) in [6, 6.07) is 5.65. The molecule has 0 aromatic carbocycles. The summed E-state index contributed by atoms with van der Waals surface area (Å²) in [6.07, 6.45) is 8.30. The van der Waals surface area contributed by atoms with E-state index in [9.17, 15) is 0 Å². The van der Waals surface area contributed by atoms with E-state index in [4.69, 9.17) is 11.6 Å².